The van der Waals surface area contributed by atoms with Crippen LogP contribution in [0.5, 0.6) is 11.6 Å². The minimum absolute atomic E-state index is 0.536. The molecule has 0 saturated heterocycles. The molecule has 1 aliphatic carbocycles. The quantitative estimate of drug-likeness (QED) is 0.863. The van der Waals surface area contributed by atoms with E-state index in [1.165, 1.54) is 12.8 Å². The van der Waals surface area contributed by atoms with Crippen molar-refractivity contribution in [2.45, 2.75) is 32.4 Å². The van der Waals surface area contributed by atoms with E-state index >= 15 is 0 Å². The van der Waals surface area contributed by atoms with Crippen LogP contribution in [0.2, 0.25) is 10.0 Å². The summed E-state index contributed by atoms with van der Waals surface area (Å²) < 4.78 is 5.78. The van der Waals surface area contributed by atoms with Crippen LogP contribution in [-0.4, -0.2) is 11.0 Å². The highest BCUT2D eigenvalue weighted by molar-refractivity contribution is 6.31. The SMILES string of the molecule is Cc1cc(Oc2ccc(Cl)c(CNC3CC3)n2)ccc1Cl. The molecule has 110 valence electrons. The highest BCUT2D eigenvalue weighted by Crippen LogP contribution is 2.27. The fraction of sp³-hybridized carbons (Fsp3) is 0.312. The number of hydrogen-bond acceptors (Lipinski definition) is 3. The summed E-state index contributed by atoms with van der Waals surface area (Å²) in [4.78, 5) is 4.47. The summed E-state index contributed by atoms with van der Waals surface area (Å²) in [5, 5.41) is 4.78. The van der Waals surface area contributed by atoms with Gasteiger partial charge in [0.1, 0.15) is 5.75 Å². The van der Waals surface area contributed by atoms with Gasteiger partial charge in [0, 0.05) is 23.7 Å². The van der Waals surface area contributed by atoms with Gasteiger partial charge in [-0.25, -0.2) is 4.98 Å². The molecular weight excluding hydrogens is 307 g/mol. The third kappa shape index (κ3) is 3.88. The number of nitrogens with zero attached hydrogens (tertiary/aromatic N) is 1. The van der Waals surface area contributed by atoms with E-state index in [1.54, 1.807) is 6.07 Å². The Labute approximate surface area is 134 Å². The van der Waals surface area contributed by atoms with Crippen molar-refractivity contribution in [3.63, 3.8) is 0 Å². The molecule has 3 nitrogen and oxygen atoms in total. The number of aryl methyl sites for hydroxylation is 1. The molecule has 0 aliphatic heterocycles. The molecule has 1 N–H and O–H groups in total. The Morgan fingerprint density at radius 1 is 1.19 bits per heavy atom. The minimum atomic E-state index is 0.536. The van der Waals surface area contributed by atoms with Crippen molar-refractivity contribution in [3.05, 3.63) is 51.6 Å². The lowest BCUT2D eigenvalue weighted by atomic mass is 10.2. The summed E-state index contributed by atoms with van der Waals surface area (Å²) in [5.74, 6) is 1.25. The van der Waals surface area contributed by atoms with Crippen LogP contribution in [-0.2, 0) is 6.54 Å². The van der Waals surface area contributed by atoms with Crippen LogP contribution in [0.4, 0.5) is 0 Å². The van der Waals surface area contributed by atoms with Gasteiger partial charge in [-0.05, 0) is 49.6 Å². The predicted molar refractivity (Wildman–Crippen MR) is 85.4 cm³/mol. The molecule has 0 spiro atoms. The zero-order valence-electron chi connectivity index (χ0n) is 11.7. The third-order valence-corrected chi connectivity index (χ3v) is 4.15. The van der Waals surface area contributed by atoms with E-state index in [4.69, 9.17) is 27.9 Å². The van der Waals surface area contributed by atoms with E-state index in [1.807, 2.05) is 31.2 Å². The maximum Gasteiger partial charge on any atom is 0.219 e. The zero-order valence-corrected chi connectivity index (χ0v) is 13.2. The molecule has 1 aromatic carbocycles. The van der Waals surface area contributed by atoms with Crippen molar-refractivity contribution in [2.75, 3.05) is 0 Å². The second-order valence-corrected chi connectivity index (χ2v) is 6.06. The summed E-state index contributed by atoms with van der Waals surface area (Å²) in [6, 6.07) is 9.74. The first-order chi connectivity index (χ1) is 10.1. The zero-order chi connectivity index (χ0) is 14.8. The van der Waals surface area contributed by atoms with Crippen molar-refractivity contribution in [1.82, 2.24) is 10.3 Å². The Morgan fingerprint density at radius 3 is 2.67 bits per heavy atom. The van der Waals surface area contributed by atoms with E-state index in [2.05, 4.69) is 10.3 Å². The van der Waals surface area contributed by atoms with Crippen molar-refractivity contribution >= 4 is 23.2 Å². The van der Waals surface area contributed by atoms with E-state index in [-0.39, 0.29) is 0 Å². The van der Waals surface area contributed by atoms with Gasteiger partial charge in [-0.2, -0.15) is 0 Å². The topological polar surface area (TPSA) is 34.1 Å². The molecule has 1 aromatic heterocycles. The monoisotopic (exact) mass is 322 g/mol. The van der Waals surface area contributed by atoms with Gasteiger partial charge in [-0.15, -0.1) is 0 Å². The van der Waals surface area contributed by atoms with E-state index in [9.17, 15) is 0 Å². The van der Waals surface area contributed by atoms with Crippen LogP contribution in [0.25, 0.3) is 0 Å². The molecule has 0 atom stereocenters. The summed E-state index contributed by atoms with van der Waals surface area (Å²) in [5.41, 5.74) is 1.78. The van der Waals surface area contributed by atoms with Gasteiger partial charge in [0.2, 0.25) is 5.88 Å². The number of halogens is 2. The van der Waals surface area contributed by atoms with Crippen LogP contribution < -0.4 is 10.1 Å². The number of pyridine rings is 1. The van der Waals surface area contributed by atoms with E-state index in [0.29, 0.717) is 29.2 Å². The Balaban J connectivity index is 1.74. The average molecular weight is 323 g/mol. The Morgan fingerprint density at radius 2 is 1.95 bits per heavy atom. The second-order valence-electron chi connectivity index (χ2n) is 5.25. The Hall–Kier alpha value is -1.29. The lowest BCUT2D eigenvalue weighted by molar-refractivity contribution is 0.459. The van der Waals surface area contributed by atoms with Crippen LogP contribution >= 0.6 is 23.2 Å². The fourth-order valence-corrected chi connectivity index (χ4v) is 2.26. The van der Waals surface area contributed by atoms with Gasteiger partial charge in [0.15, 0.2) is 0 Å². The third-order valence-electron chi connectivity index (χ3n) is 3.38. The van der Waals surface area contributed by atoms with Crippen molar-refractivity contribution in [2.24, 2.45) is 0 Å². The first-order valence-corrected chi connectivity index (χ1v) is 7.70. The first-order valence-electron chi connectivity index (χ1n) is 6.94. The highest BCUT2D eigenvalue weighted by Gasteiger charge is 2.20. The maximum absolute atomic E-state index is 6.17. The molecule has 5 heteroatoms. The standard InChI is InChI=1S/C16H16Cl2N2O/c1-10-8-12(4-5-13(10)17)21-16-7-6-14(18)15(20-16)9-19-11-2-3-11/h4-8,11,19H,2-3,9H2,1H3. The van der Waals surface area contributed by atoms with Crippen LogP contribution in [0.1, 0.15) is 24.1 Å². The van der Waals surface area contributed by atoms with Crippen LogP contribution in [0, 0.1) is 6.92 Å². The summed E-state index contributed by atoms with van der Waals surface area (Å²) in [6.07, 6.45) is 2.47. The molecule has 1 saturated carbocycles. The molecule has 0 unspecified atom stereocenters. The van der Waals surface area contributed by atoms with Crippen molar-refractivity contribution < 1.29 is 4.74 Å². The summed E-state index contributed by atoms with van der Waals surface area (Å²) >= 11 is 12.2. The van der Waals surface area contributed by atoms with Gasteiger partial charge in [-0.3, -0.25) is 0 Å². The maximum atomic E-state index is 6.17. The molecule has 1 aliphatic rings. The molecule has 3 rings (SSSR count). The molecular formula is C16H16Cl2N2O. The van der Waals surface area contributed by atoms with Crippen LogP contribution in [0.15, 0.2) is 30.3 Å². The van der Waals surface area contributed by atoms with Gasteiger partial charge in [-0.1, -0.05) is 23.2 Å². The van der Waals surface area contributed by atoms with E-state index in [0.717, 1.165) is 16.3 Å². The lowest BCUT2D eigenvalue weighted by Crippen LogP contribution is -2.16. The van der Waals surface area contributed by atoms with Gasteiger partial charge < -0.3 is 10.1 Å². The Kier molecular flexibility index (Phi) is 4.34. The molecule has 0 radical (unpaired) electrons. The number of hydrogen-bond donors (Lipinski definition) is 1. The molecule has 0 amide bonds. The van der Waals surface area contributed by atoms with Gasteiger partial charge in [0.05, 0.1) is 10.7 Å². The number of nitrogens with one attached hydrogen (secondary N) is 1. The normalized spacial score (nSPS) is 14.2. The minimum Gasteiger partial charge on any atom is -0.439 e. The molecule has 0 bridgehead atoms. The smallest absolute Gasteiger partial charge is 0.219 e. The predicted octanol–water partition coefficient (Wildman–Crippen LogP) is 4.74. The summed E-state index contributed by atoms with van der Waals surface area (Å²) in [6.45, 7) is 2.61. The Bertz CT molecular complexity index is 657. The average Bonchev–Trinajstić information content (AvgIpc) is 3.28. The number of benzene rings is 1. The number of aromatic nitrogens is 1. The lowest BCUT2D eigenvalue weighted by Gasteiger charge is -2.10. The first kappa shape index (κ1) is 14.6. The largest absolute Gasteiger partial charge is 0.439 e. The van der Waals surface area contributed by atoms with Crippen LogP contribution in [0.3, 0.4) is 0 Å². The summed E-state index contributed by atoms with van der Waals surface area (Å²) in [7, 11) is 0. The molecule has 2 aromatic rings. The number of ether oxygens (including phenoxy) is 1. The van der Waals surface area contributed by atoms with Crippen molar-refractivity contribution in [3.8, 4) is 11.6 Å². The second kappa shape index (κ2) is 6.22. The van der Waals surface area contributed by atoms with Crippen molar-refractivity contribution in [1.29, 1.82) is 0 Å². The molecule has 21 heavy (non-hydrogen) atoms. The highest BCUT2D eigenvalue weighted by atomic mass is 35.5. The van der Waals surface area contributed by atoms with Gasteiger partial charge in [0.25, 0.3) is 0 Å². The fourth-order valence-electron chi connectivity index (χ4n) is 1.98. The van der Waals surface area contributed by atoms with E-state index < -0.39 is 0 Å². The number of rotatable bonds is 5. The molecule has 1 fully saturated rings. The van der Waals surface area contributed by atoms with Gasteiger partial charge >= 0.3 is 0 Å². The molecule has 1 heterocycles.